The largest absolute Gasteiger partial charge is 0.493 e. The van der Waals surface area contributed by atoms with Crippen LogP contribution in [0.2, 0.25) is 5.02 Å². The van der Waals surface area contributed by atoms with E-state index in [2.05, 4.69) is 11.9 Å². The average molecular weight is 455 g/mol. The van der Waals surface area contributed by atoms with E-state index in [1.165, 1.54) is 13.2 Å². The SMILES string of the molecule is C=CCc1cc(/C=C2\C(=O)NC(=O)N(c3cccc(Cl)c3C)C2=O)cc(OCC)c1OC. The first-order chi connectivity index (χ1) is 15.3. The zero-order valence-corrected chi connectivity index (χ0v) is 18.8. The van der Waals surface area contributed by atoms with Crippen molar-refractivity contribution in [2.75, 3.05) is 18.6 Å². The number of hydrogen-bond donors (Lipinski definition) is 1. The molecule has 32 heavy (non-hydrogen) atoms. The van der Waals surface area contributed by atoms with E-state index >= 15 is 0 Å². The number of urea groups is 1. The second-order valence-electron chi connectivity index (χ2n) is 6.98. The Bertz CT molecular complexity index is 1140. The molecular weight excluding hydrogens is 432 g/mol. The van der Waals surface area contributed by atoms with Gasteiger partial charge in [0.25, 0.3) is 11.8 Å². The molecule has 0 aliphatic carbocycles. The van der Waals surface area contributed by atoms with Crippen LogP contribution in [0.5, 0.6) is 11.5 Å². The van der Waals surface area contributed by atoms with Crippen LogP contribution in [0.3, 0.4) is 0 Å². The lowest BCUT2D eigenvalue weighted by Crippen LogP contribution is -2.54. The minimum atomic E-state index is -0.834. The third-order valence-corrected chi connectivity index (χ3v) is 5.32. The minimum Gasteiger partial charge on any atom is -0.493 e. The first kappa shape index (κ1) is 23.1. The smallest absolute Gasteiger partial charge is 0.335 e. The molecule has 0 saturated carbocycles. The van der Waals surface area contributed by atoms with Crippen molar-refractivity contribution in [1.82, 2.24) is 5.32 Å². The van der Waals surface area contributed by atoms with Gasteiger partial charge in [-0.3, -0.25) is 14.9 Å². The molecule has 8 heteroatoms. The van der Waals surface area contributed by atoms with Gasteiger partial charge in [-0.05, 0) is 61.7 Å². The van der Waals surface area contributed by atoms with Crippen molar-refractivity contribution < 1.29 is 23.9 Å². The van der Waals surface area contributed by atoms with Gasteiger partial charge in [0.2, 0.25) is 0 Å². The van der Waals surface area contributed by atoms with Crippen molar-refractivity contribution in [1.29, 1.82) is 0 Å². The van der Waals surface area contributed by atoms with Crippen molar-refractivity contribution in [2.45, 2.75) is 20.3 Å². The van der Waals surface area contributed by atoms with E-state index in [0.717, 1.165) is 10.5 Å². The number of methoxy groups -OCH3 is 1. The fraction of sp³-hybridized carbons (Fsp3) is 0.208. The van der Waals surface area contributed by atoms with Crippen LogP contribution in [-0.2, 0) is 16.0 Å². The summed E-state index contributed by atoms with van der Waals surface area (Å²) in [5.74, 6) is -0.499. The maximum absolute atomic E-state index is 13.2. The Morgan fingerprint density at radius 3 is 2.62 bits per heavy atom. The molecule has 0 unspecified atom stereocenters. The molecule has 2 aromatic carbocycles. The number of barbiturate groups is 1. The number of nitrogens with one attached hydrogen (secondary N) is 1. The Kier molecular flexibility index (Phi) is 7.00. The third-order valence-electron chi connectivity index (χ3n) is 4.92. The van der Waals surface area contributed by atoms with Crippen molar-refractivity contribution in [3.63, 3.8) is 0 Å². The Morgan fingerprint density at radius 1 is 1.22 bits per heavy atom. The molecular formula is C24H23ClN2O5. The molecule has 3 rings (SSSR count). The van der Waals surface area contributed by atoms with Gasteiger partial charge in [0.15, 0.2) is 11.5 Å². The van der Waals surface area contributed by atoms with E-state index in [1.54, 1.807) is 43.3 Å². The first-order valence-corrected chi connectivity index (χ1v) is 10.3. The van der Waals surface area contributed by atoms with Crippen LogP contribution in [0.4, 0.5) is 10.5 Å². The van der Waals surface area contributed by atoms with E-state index < -0.39 is 17.8 Å². The van der Waals surface area contributed by atoms with Crippen LogP contribution in [0.15, 0.2) is 48.6 Å². The molecule has 7 nitrogen and oxygen atoms in total. The van der Waals surface area contributed by atoms with Gasteiger partial charge in [0, 0.05) is 10.6 Å². The van der Waals surface area contributed by atoms with Crippen molar-refractivity contribution in [2.24, 2.45) is 0 Å². The highest BCUT2D eigenvalue weighted by Crippen LogP contribution is 2.35. The summed E-state index contributed by atoms with van der Waals surface area (Å²) in [6.07, 6.45) is 3.63. The minimum absolute atomic E-state index is 0.193. The molecule has 2 aromatic rings. The summed E-state index contributed by atoms with van der Waals surface area (Å²) in [7, 11) is 1.54. The standard InChI is InChI=1S/C24H23ClN2O5/c1-5-8-16-11-15(13-20(32-6-2)21(16)31-4)12-17-22(28)26-24(30)27(23(17)29)19-10-7-9-18(25)14(19)3/h5,7,9-13H,1,6,8H2,2-4H3,(H,26,28,30)/b17-12+. The maximum Gasteiger partial charge on any atom is 0.335 e. The predicted octanol–water partition coefficient (Wildman–Crippen LogP) is 4.45. The molecule has 1 heterocycles. The molecule has 0 radical (unpaired) electrons. The average Bonchev–Trinajstić information content (AvgIpc) is 2.74. The number of allylic oxidation sites excluding steroid dienone is 1. The van der Waals surface area contributed by atoms with Crippen LogP contribution < -0.4 is 19.7 Å². The normalized spacial score (nSPS) is 15.1. The Hall–Kier alpha value is -3.58. The van der Waals surface area contributed by atoms with Crippen LogP contribution in [0, 0.1) is 6.92 Å². The lowest BCUT2D eigenvalue weighted by atomic mass is 10.0. The molecule has 0 atom stereocenters. The summed E-state index contributed by atoms with van der Waals surface area (Å²) in [5, 5.41) is 2.62. The molecule has 1 aliphatic heterocycles. The quantitative estimate of drug-likeness (QED) is 0.379. The summed E-state index contributed by atoms with van der Waals surface area (Å²) in [5.41, 5.74) is 1.98. The van der Waals surface area contributed by atoms with Gasteiger partial charge in [-0.2, -0.15) is 0 Å². The molecule has 166 valence electrons. The molecule has 0 aromatic heterocycles. The number of hydrogen-bond acceptors (Lipinski definition) is 5. The van der Waals surface area contributed by atoms with Crippen LogP contribution in [-0.4, -0.2) is 31.6 Å². The van der Waals surface area contributed by atoms with E-state index in [1.807, 2.05) is 6.92 Å². The van der Waals surface area contributed by atoms with Gasteiger partial charge in [-0.25, -0.2) is 9.69 Å². The monoisotopic (exact) mass is 454 g/mol. The van der Waals surface area contributed by atoms with Gasteiger partial charge < -0.3 is 9.47 Å². The first-order valence-electron chi connectivity index (χ1n) is 9.93. The van der Waals surface area contributed by atoms with Crippen molar-refractivity contribution >= 4 is 41.2 Å². The summed E-state index contributed by atoms with van der Waals surface area (Å²) in [4.78, 5) is 39.2. The summed E-state index contributed by atoms with van der Waals surface area (Å²) in [6.45, 7) is 7.69. The molecule has 1 aliphatic rings. The number of carbonyl (C=O) groups is 3. The predicted molar refractivity (Wildman–Crippen MR) is 123 cm³/mol. The van der Waals surface area contributed by atoms with Gasteiger partial charge in [0.1, 0.15) is 5.57 Å². The van der Waals surface area contributed by atoms with Gasteiger partial charge >= 0.3 is 6.03 Å². The number of benzene rings is 2. The fourth-order valence-electron chi connectivity index (χ4n) is 3.45. The van der Waals surface area contributed by atoms with Crippen LogP contribution >= 0.6 is 11.6 Å². The maximum atomic E-state index is 13.2. The molecule has 0 spiro atoms. The highest BCUT2D eigenvalue weighted by atomic mass is 35.5. The van der Waals surface area contributed by atoms with Gasteiger partial charge in [0.05, 0.1) is 19.4 Å². The Balaban J connectivity index is 2.11. The van der Waals surface area contributed by atoms with Gasteiger partial charge in [-0.1, -0.05) is 23.7 Å². The zero-order chi connectivity index (χ0) is 23.4. The Morgan fingerprint density at radius 2 is 1.97 bits per heavy atom. The van der Waals surface area contributed by atoms with E-state index in [0.29, 0.717) is 46.4 Å². The number of amides is 4. The highest BCUT2D eigenvalue weighted by Gasteiger charge is 2.37. The number of ether oxygens (including phenoxy) is 2. The van der Waals surface area contributed by atoms with Crippen LogP contribution in [0.1, 0.15) is 23.6 Å². The third kappa shape index (κ3) is 4.38. The van der Waals surface area contributed by atoms with E-state index in [-0.39, 0.29) is 5.57 Å². The summed E-state index contributed by atoms with van der Waals surface area (Å²) < 4.78 is 11.2. The zero-order valence-electron chi connectivity index (χ0n) is 18.0. The number of rotatable bonds is 7. The number of halogens is 1. The lowest BCUT2D eigenvalue weighted by Gasteiger charge is -2.27. The molecule has 0 bridgehead atoms. The highest BCUT2D eigenvalue weighted by molar-refractivity contribution is 6.40. The molecule has 1 N–H and O–H groups in total. The van der Waals surface area contributed by atoms with Crippen LogP contribution in [0.25, 0.3) is 6.08 Å². The second kappa shape index (κ2) is 9.70. The van der Waals surface area contributed by atoms with E-state index in [4.69, 9.17) is 21.1 Å². The lowest BCUT2D eigenvalue weighted by molar-refractivity contribution is -0.122. The molecule has 1 saturated heterocycles. The van der Waals surface area contributed by atoms with Gasteiger partial charge in [-0.15, -0.1) is 6.58 Å². The summed E-state index contributed by atoms with van der Waals surface area (Å²) >= 11 is 6.16. The van der Waals surface area contributed by atoms with Crippen molar-refractivity contribution in [3.05, 3.63) is 70.3 Å². The molecule has 4 amide bonds. The second-order valence-corrected chi connectivity index (χ2v) is 7.39. The topological polar surface area (TPSA) is 84.9 Å². The number of carbonyl (C=O) groups excluding carboxylic acids is 3. The Labute approximate surface area is 191 Å². The van der Waals surface area contributed by atoms with Crippen molar-refractivity contribution in [3.8, 4) is 11.5 Å². The van der Waals surface area contributed by atoms with E-state index in [9.17, 15) is 14.4 Å². The number of imide groups is 2. The number of nitrogens with zero attached hydrogens (tertiary/aromatic N) is 1. The fourth-order valence-corrected chi connectivity index (χ4v) is 3.62. The molecule has 1 fully saturated rings. The summed E-state index contributed by atoms with van der Waals surface area (Å²) in [6, 6.07) is 7.50. The number of anilines is 1.